The fraction of sp³-hybridized carbons (Fsp3) is 0.750. The average Bonchev–Trinajstić information content (AvgIpc) is 3.31. The summed E-state index contributed by atoms with van der Waals surface area (Å²) in [6.45, 7) is 4.08. The molecule has 0 atom stereocenters. The van der Waals surface area contributed by atoms with Crippen LogP contribution < -0.4 is 21.1 Å². The van der Waals surface area contributed by atoms with Gasteiger partial charge in [-0.2, -0.15) is 15.0 Å². The third-order valence-corrected chi connectivity index (χ3v) is 3.80. The van der Waals surface area contributed by atoms with E-state index in [0.717, 1.165) is 32.2 Å². The molecule has 1 saturated carbocycles. The molecule has 2 fully saturated rings. The summed E-state index contributed by atoms with van der Waals surface area (Å²) >= 11 is 0. The number of nitrogen functional groups attached to an aromatic ring is 1. The molecule has 20 heavy (non-hydrogen) atoms. The maximum absolute atomic E-state index is 5.44. The van der Waals surface area contributed by atoms with E-state index in [0.29, 0.717) is 17.8 Å². The van der Waals surface area contributed by atoms with Gasteiger partial charge >= 0.3 is 0 Å². The maximum Gasteiger partial charge on any atom is 0.243 e. The average molecular weight is 278 g/mol. The first-order valence-corrected chi connectivity index (χ1v) is 7.06. The minimum Gasteiger partial charge on any atom is -0.347 e. The van der Waals surface area contributed by atoms with E-state index in [1.807, 2.05) is 19.0 Å². The van der Waals surface area contributed by atoms with E-state index in [2.05, 4.69) is 30.2 Å². The Morgan fingerprint density at radius 1 is 1.10 bits per heavy atom. The molecule has 8 heteroatoms. The molecule has 0 radical (unpaired) electrons. The second kappa shape index (κ2) is 5.37. The minimum atomic E-state index is 0.406. The van der Waals surface area contributed by atoms with E-state index in [-0.39, 0.29) is 0 Å². The molecule has 1 saturated heterocycles. The second-order valence-corrected chi connectivity index (χ2v) is 5.55. The number of piperazine rings is 1. The van der Waals surface area contributed by atoms with Gasteiger partial charge in [0.1, 0.15) is 0 Å². The van der Waals surface area contributed by atoms with Gasteiger partial charge in [0, 0.05) is 46.3 Å². The Morgan fingerprint density at radius 3 is 2.35 bits per heavy atom. The molecule has 2 heterocycles. The van der Waals surface area contributed by atoms with Gasteiger partial charge in [-0.05, 0) is 12.8 Å². The SMILES string of the molecule is CN(C)c1nc(NN)nc(N2CCN(C3CC3)CC2)n1. The molecule has 8 nitrogen and oxygen atoms in total. The van der Waals surface area contributed by atoms with Gasteiger partial charge < -0.3 is 9.80 Å². The Morgan fingerprint density at radius 2 is 1.80 bits per heavy atom. The zero-order valence-electron chi connectivity index (χ0n) is 12.1. The third-order valence-electron chi connectivity index (χ3n) is 3.80. The summed E-state index contributed by atoms with van der Waals surface area (Å²) in [5.41, 5.74) is 2.51. The molecule has 0 unspecified atom stereocenters. The molecule has 3 N–H and O–H groups in total. The smallest absolute Gasteiger partial charge is 0.243 e. The normalized spacial score (nSPS) is 20.1. The van der Waals surface area contributed by atoms with Crippen molar-refractivity contribution in [3.63, 3.8) is 0 Å². The lowest BCUT2D eigenvalue weighted by Gasteiger charge is -2.35. The van der Waals surface area contributed by atoms with Crippen LogP contribution in [0.5, 0.6) is 0 Å². The van der Waals surface area contributed by atoms with Crippen LogP contribution in [0.4, 0.5) is 17.8 Å². The molecule has 110 valence electrons. The van der Waals surface area contributed by atoms with Gasteiger partial charge in [-0.25, -0.2) is 5.84 Å². The van der Waals surface area contributed by atoms with E-state index in [9.17, 15) is 0 Å². The highest BCUT2D eigenvalue weighted by atomic mass is 15.4. The van der Waals surface area contributed by atoms with Crippen LogP contribution in [0.3, 0.4) is 0 Å². The predicted octanol–water partition coefficient (Wildman–Crippen LogP) is -0.492. The third kappa shape index (κ3) is 2.75. The van der Waals surface area contributed by atoms with Gasteiger partial charge in [-0.15, -0.1) is 0 Å². The molecule has 0 spiro atoms. The topological polar surface area (TPSA) is 86.4 Å². The van der Waals surface area contributed by atoms with Crippen molar-refractivity contribution in [3.8, 4) is 0 Å². The highest BCUT2D eigenvalue weighted by molar-refractivity contribution is 5.44. The molecule has 0 aromatic carbocycles. The van der Waals surface area contributed by atoms with Gasteiger partial charge in [-0.1, -0.05) is 0 Å². The zero-order valence-corrected chi connectivity index (χ0v) is 12.1. The minimum absolute atomic E-state index is 0.406. The fourth-order valence-electron chi connectivity index (χ4n) is 2.49. The highest BCUT2D eigenvalue weighted by Gasteiger charge is 2.31. The number of hydrogen-bond donors (Lipinski definition) is 2. The summed E-state index contributed by atoms with van der Waals surface area (Å²) < 4.78 is 0. The standard InChI is InChI=1S/C12H22N8/c1-18(2)11-14-10(17-13)15-12(16-11)20-7-5-19(6-8-20)9-3-4-9/h9H,3-8,13H2,1-2H3,(H,14,15,16,17). The first-order valence-electron chi connectivity index (χ1n) is 7.06. The Hall–Kier alpha value is -1.67. The van der Waals surface area contributed by atoms with Crippen molar-refractivity contribution in [2.75, 3.05) is 55.5 Å². The number of anilines is 3. The Bertz CT molecular complexity index is 465. The first kappa shape index (κ1) is 13.3. The Labute approximate surface area is 119 Å². The van der Waals surface area contributed by atoms with Crippen LogP contribution >= 0.6 is 0 Å². The van der Waals surface area contributed by atoms with Crippen molar-refractivity contribution in [2.45, 2.75) is 18.9 Å². The van der Waals surface area contributed by atoms with Crippen molar-refractivity contribution in [3.05, 3.63) is 0 Å². The van der Waals surface area contributed by atoms with E-state index in [4.69, 9.17) is 5.84 Å². The molecular formula is C12H22N8. The summed E-state index contributed by atoms with van der Waals surface area (Å²) in [4.78, 5) is 19.7. The van der Waals surface area contributed by atoms with Gasteiger partial charge in [0.2, 0.25) is 17.8 Å². The second-order valence-electron chi connectivity index (χ2n) is 5.55. The van der Waals surface area contributed by atoms with Crippen molar-refractivity contribution in [1.29, 1.82) is 0 Å². The van der Waals surface area contributed by atoms with E-state index >= 15 is 0 Å². The van der Waals surface area contributed by atoms with Crippen LogP contribution in [0.1, 0.15) is 12.8 Å². The molecule has 3 rings (SSSR count). The van der Waals surface area contributed by atoms with Crippen LogP contribution in [0.15, 0.2) is 0 Å². The van der Waals surface area contributed by atoms with Crippen LogP contribution in [0, 0.1) is 0 Å². The fourth-order valence-corrected chi connectivity index (χ4v) is 2.49. The summed E-state index contributed by atoms with van der Waals surface area (Å²) in [5, 5.41) is 0. The van der Waals surface area contributed by atoms with Crippen LogP contribution in [-0.4, -0.2) is 66.2 Å². The molecule has 1 aromatic heterocycles. The number of aromatic nitrogens is 3. The number of nitrogens with two attached hydrogens (primary N) is 1. The van der Waals surface area contributed by atoms with Gasteiger partial charge in [0.15, 0.2) is 0 Å². The summed E-state index contributed by atoms with van der Waals surface area (Å²) in [6, 6.07) is 0.828. The van der Waals surface area contributed by atoms with Crippen molar-refractivity contribution in [2.24, 2.45) is 5.84 Å². The van der Waals surface area contributed by atoms with E-state index in [1.165, 1.54) is 12.8 Å². The van der Waals surface area contributed by atoms with Gasteiger partial charge in [-0.3, -0.25) is 10.3 Å². The predicted molar refractivity (Wildman–Crippen MR) is 78.8 cm³/mol. The Kier molecular flexibility index (Phi) is 3.58. The quantitative estimate of drug-likeness (QED) is 0.563. The lowest BCUT2D eigenvalue weighted by atomic mass is 10.3. The lowest BCUT2D eigenvalue weighted by molar-refractivity contribution is 0.247. The molecule has 1 aromatic rings. The number of nitrogens with one attached hydrogen (secondary N) is 1. The van der Waals surface area contributed by atoms with Crippen LogP contribution in [-0.2, 0) is 0 Å². The summed E-state index contributed by atoms with van der Waals surface area (Å²) in [5.74, 6) is 7.16. The number of hydrazine groups is 1. The highest BCUT2D eigenvalue weighted by Crippen LogP contribution is 2.28. The lowest BCUT2D eigenvalue weighted by Crippen LogP contribution is -2.48. The van der Waals surface area contributed by atoms with Crippen LogP contribution in [0.25, 0.3) is 0 Å². The summed E-state index contributed by atoms with van der Waals surface area (Å²) in [6.07, 6.45) is 2.72. The zero-order chi connectivity index (χ0) is 14.1. The first-order chi connectivity index (χ1) is 9.67. The molecule has 1 aliphatic carbocycles. The van der Waals surface area contributed by atoms with Gasteiger partial charge in [0.25, 0.3) is 0 Å². The molecule has 2 aliphatic rings. The van der Waals surface area contributed by atoms with Crippen LogP contribution in [0.2, 0.25) is 0 Å². The maximum atomic E-state index is 5.44. The summed E-state index contributed by atoms with van der Waals surface area (Å²) in [7, 11) is 3.81. The van der Waals surface area contributed by atoms with Crippen molar-refractivity contribution >= 4 is 17.8 Å². The van der Waals surface area contributed by atoms with E-state index in [1.54, 1.807) is 0 Å². The molecule has 0 amide bonds. The van der Waals surface area contributed by atoms with Gasteiger partial charge in [0.05, 0.1) is 0 Å². The van der Waals surface area contributed by atoms with Crippen molar-refractivity contribution < 1.29 is 0 Å². The monoisotopic (exact) mass is 278 g/mol. The molecule has 1 aliphatic heterocycles. The largest absolute Gasteiger partial charge is 0.347 e. The Balaban J connectivity index is 1.74. The number of hydrogen-bond acceptors (Lipinski definition) is 8. The number of nitrogens with zero attached hydrogens (tertiary/aromatic N) is 6. The van der Waals surface area contributed by atoms with Crippen molar-refractivity contribution in [1.82, 2.24) is 19.9 Å². The molecular weight excluding hydrogens is 256 g/mol. The molecule has 0 bridgehead atoms. The number of rotatable bonds is 4. The van der Waals surface area contributed by atoms with E-state index < -0.39 is 0 Å².